The molecule has 3 heterocycles. The van der Waals surface area contributed by atoms with Crippen molar-refractivity contribution in [3.8, 4) is 6.01 Å². The topological polar surface area (TPSA) is 44.7 Å². The molecule has 0 N–H and O–H groups in total. The number of likely N-dealkylation sites (N-methyl/N-ethyl adjacent to an activating group) is 1. The number of likely N-dealkylation sites (tertiary alicyclic amines) is 1. The third kappa shape index (κ3) is 3.82. The van der Waals surface area contributed by atoms with Gasteiger partial charge < -0.3 is 9.64 Å². The fraction of sp³-hybridized carbons (Fsp3) is 0.765. The van der Waals surface area contributed by atoms with Crippen LogP contribution in [-0.2, 0) is 6.54 Å². The molecule has 6 heteroatoms. The van der Waals surface area contributed by atoms with Gasteiger partial charge in [0, 0.05) is 36.6 Å². The summed E-state index contributed by atoms with van der Waals surface area (Å²) in [6.07, 6.45) is 7.53. The van der Waals surface area contributed by atoms with Crippen molar-refractivity contribution in [3.05, 3.63) is 18.0 Å². The van der Waals surface area contributed by atoms with Crippen molar-refractivity contribution >= 4 is 0 Å². The number of aromatic nitrogens is 2. The normalized spacial score (nSPS) is 23.8. The SMILES string of the molecule is COc1ncc(CN2CCCN(C)C3(CCN(C)CC3)C2)cn1. The average molecular weight is 319 g/mol. The lowest BCUT2D eigenvalue weighted by molar-refractivity contribution is 0.0336. The molecule has 3 rings (SSSR count). The van der Waals surface area contributed by atoms with Gasteiger partial charge in [-0.1, -0.05) is 0 Å². The van der Waals surface area contributed by atoms with E-state index >= 15 is 0 Å². The van der Waals surface area contributed by atoms with Gasteiger partial charge in [-0.2, -0.15) is 0 Å². The Morgan fingerprint density at radius 3 is 2.43 bits per heavy atom. The second-order valence-corrected chi connectivity index (χ2v) is 7.09. The van der Waals surface area contributed by atoms with Gasteiger partial charge in [-0.25, -0.2) is 9.97 Å². The van der Waals surface area contributed by atoms with E-state index < -0.39 is 0 Å². The molecule has 2 aliphatic heterocycles. The van der Waals surface area contributed by atoms with Gasteiger partial charge in [-0.15, -0.1) is 0 Å². The molecule has 6 nitrogen and oxygen atoms in total. The molecule has 0 radical (unpaired) electrons. The second-order valence-electron chi connectivity index (χ2n) is 7.09. The zero-order valence-corrected chi connectivity index (χ0v) is 14.7. The van der Waals surface area contributed by atoms with E-state index in [0.29, 0.717) is 11.5 Å². The van der Waals surface area contributed by atoms with Crippen LogP contribution in [0.4, 0.5) is 0 Å². The van der Waals surface area contributed by atoms with E-state index in [2.05, 4.69) is 38.8 Å². The van der Waals surface area contributed by atoms with Crippen LogP contribution in [0, 0.1) is 0 Å². The van der Waals surface area contributed by atoms with Crippen LogP contribution in [-0.4, -0.2) is 84.1 Å². The Balaban J connectivity index is 1.69. The van der Waals surface area contributed by atoms with Crippen LogP contribution in [0.2, 0.25) is 0 Å². The van der Waals surface area contributed by atoms with E-state index in [1.807, 2.05) is 12.4 Å². The molecule has 2 fully saturated rings. The van der Waals surface area contributed by atoms with Crippen LogP contribution in [0.15, 0.2) is 12.4 Å². The first-order valence-corrected chi connectivity index (χ1v) is 8.58. The van der Waals surface area contributed by atoms with Gasteiger partial charge in [0.05, 0.1) is 7.11 Å². The third-order valence-electron chi connectivity index (χ3n) is 5.48. The second kappa shape index (κ2) is 7.11. The van der Waals surface area contributed by atoms with Crippen molar-refractivity contribution in [1.29, 1.82) is 0 Å². The Morgan fingerprint density at radius 2 is 1.78 bits per heavy atom. The maximum Gasteiger partial charge on any atom is 0.316 e. The Morgan fingerprint density at radius 1 is 1.09 bits per heavy atom. The molecular formula is C17H29N5O. The predicted octanol–water partition coefficient (Wildman–Crippen LogP) is 1.09. The first-order valence-electron chi connectivity index (χ1n) is 8.58. The smallest absolute Gasteiger partial charge is 0.316 e. The van der Waals surface area contributed by atoms with Gasteiger partial charge >= 0.3 is 6.01 Å². The molecule has 0 unspecified atom stereocenters. The summed E-state index contributed by atoms with van der Waals surface area (Å²) >= 11 is 0. The summed E-state index contributed by atoms with van der Waals surface area (Å²) in [5.41, 5.74) is 1.49. The highest BCUT2D eigenvalue weighted by atomic mass is 16.5. The van der Waals surface area contributed by atoms with Gasteiger partial charge in [0.25, 0.3) is 0 Å². The molecule has 2 saturated heterocycles. The van der Waals surface area contributed by atoms with Gasteiger partial charge in [0.15, 0.2) is 0 Å². The summed E-state index contributed by atoms with van der Waals surface area (Å²) in [7, 11) is 6.14. The minimum atomic E-state index is 0.330. The number of ether oxygens (including phenoxy) is 1. The summed E-state index contributed by atoms with van der Waals surface area (Å²) < 4.78 is 5.05. The van der Waals surface area contributed by atoms with E-state index in [4.69, 9.17) is 4.74 Å². The third-order valence-corrected chi connectivity index (χ3v) is 5.48. The molecular weight excluding hydrogens is 290 g/mol. The summed E-state index contributed by atoms with van der Waals surface area (Å²) in [5, 5.41) is 0. The zero-order valence-electron chi connectivity index (χ0n) is 14.7. The zero-order chi connectivity index (χ0) is 16.3. The minimum absolute atomic E-state index is 0.330. The van der Waals surface area contributed by atoms with Crippen molar-refractivity contribution in [2.45, 2.75) is 31.3 Å². The molecule has 2 aliphatic rings. The monoisotopic (exact) mass is 319 g/mol. The van der Waals surface area contributed by atoms with Crippen molar-refractivity contribution in [3.63, 3.8) is 0 Å². The minimum Gasteiger partial charge on any atom is -0.467 e. The summed E-state index contributed by atoms with van der Waals surface area (Å²) in [4.78, 5) is 16.1. The van der Waals surface area contributed by atoms with Gasteiger partial charge in [0.2, 0.25) is 0 Å². The van der Waals surface area contributed by atoms with Crippen LogP contribution in [0.3, 0.4) is 0 Å². The number of rotatable bonds is 3. The van der Waals surface area contributed by atoms with E-state index in [0.717, 1.165) is 19.6 Å². The van der Waals surface area contributed by atoms with E-state index in [1.54, 1.807) is 7.11 Å². The molecule has 23 heavy (non-hydrogen) atoms. The molecule has 0 atom stereocenters. The largest absolute Gasteiger partial charge is 0.467 e. The number of hydrogen-bond acceptors (Lipinski definition) is 6. The Bertz CT molecular complexity index is 498. The predicted molar refractivity (Wildman–Crippen MR) is 90.6 cm³/mol. The van der Waals surface area contributed by atoms with Crippen molar-refractivity contribution in [2.24, 2.45) is 0 Å². The lowest BCUT2D eigenvalue weighted by Gasteiger charge is -2.47. The molecule has 0 aromatic carbocycles. The van der Waals surface area contributed by atoms with Crippen molar-refractivity contribution in [2.75, 3.05) is 53.9 Å². The number of nitrogens with zero attached hydrogens (tertiary/aromatic N) is 5. The summed E-state index contributed by atoms with van der Waals surface area (Å²) in [6.45, 7) is 6.81. The Kier molecular flexibility index (Phi) is 5.14. The fourth-order valence-corrected chi connectivity index (χ4v) is 3.88. The Hall–Kier alpha value is -1.24. The molecule has 1 aromatic rings. The summed E-state index contributed by atoms with van der Waals surface area (Å²) in [6, 6.07) is 0.441. The van der Waals surface area contributed by atoms with Gasteiger partial charge in [-0.05, 0) is 59.5 Å². The molecule has 1 aromatic heterocycles. The lowest BCUT2D eigenvalue weighted by atomic mass is 9.85. The van der Waals surface area contributed by atoms with Crippen LogP contribution in [0.25, 0.3) is 0 Å². The average Bonchev–Trinajstić information content (AvgIpc) is 2.71. The van der Waals surface area contributed by atoms with E-state index in [1.165, 1.54) is 44.5 Å². The molecule has 1 spiro atoms. The Labute approximate surface area is 139 Å². The maximum absolute atomic E-state index is 5.05. The molecule has 128 valence electrons. The highest BCUT2D eigenvalue weighted by Gasteiger charge is 2.40. The van der Waals surface area contributed by atoms with Crippen molar-refractivity contribution in [1.82, 2.24) is 24.7 Å². The first-order chi connectivity index (χ1) is 11.1. The highest BCUT2D eigenvalue weighted by molar-refractivity contribution is 5.08. The van der Waals surface area contributed by atoms with Crippen molar-refractivity contribution < 1.29 is 4.74 Å². The highest BCUT2D eigenvalue weighted by Crippen LogP contribution is 2.31. The first kappa shape index (κ1) is 16.6. The number of hydrogen-bond donors (Lipinski definition) is 0. The molecule has 0 bridgehead atoms. The molecule has 0 aliphatic carbocycles. The van der Waals surface area contributed by atoms with Crippen LogP contribution >= 0.6 is 0 Å². The van der Waals surface area contributed by atoms with E-state index in [9.17, 15) is 0 Å². The lowest BCUT2D eigenvalue weighted by Crippen LogP contribution is -2.57. The summed E-state index contributed by atoms with van der Waals surface area (Å²) in [5.74, 6) is 0. The van der Waals surface area contributed by atoms with Gasteiger partial charge in [-0.3, -0.25) is 9.80 Å². The molecule has 0 amide bonds. The maximum atomic E-state index is 5.05. The number of methoxy groups -OCH3 is 1. The van der Waals surface area contributed by atoms with Crippen LogP contribution in [0.1, 0.15) is 24.8 Å². The van der Waals surface area contributed by atoms with E-state index in [-0.39, 0.29) is 0 Å². The quantitative estimate of drug-likeness (QED) is 0.831. The fourth-order valence-electron chi connectivity index (χ4n) is 3.88. The standard InChI is InChI=1S/C17H29N5O/c1-20-9-5-17(6-10-20)14-22(8-4-7-21(17)2)13-15-11-18-16(23-3)19-12-15/h11-12H,4-10,13-14H2,1-3H3. The molecule has 0 saturated carbocycles. The van der Waals surface area contributed by atoms with Gasteiger partial charge in [0.1, 0.15) is 0 Å². The van der Waals surface area contributed by atoms with Crippen LogP contribution < -0.4 is 4.74 Å². The van der Waals surface area contributed by atoms with Crippen LogP contribution in [0.5, 0.6) is 6.01 Å². The number of piperidine rings is 1.